The van der Waals surface area contributed by atoms with Crippen molar-refractivity contribution in [3.05, 3.63) is 34.1 Å². The second-order valence-electron chi connectivity index (χ2n) is 4.08. The largest absolute Gasteiger partial charge is 0.480 e. The number of hydrogen-bond acceptors (Lipinski definition) is 4. The molecule has 0 spiro atoms. The van der Waals surface area contributed by atoms with Gasteiger partial charge >= 0.3 is 11.9 Å². The van der Waals surface area contributed by atoms with Crippen LogP contribution in [-0.2, 0) is 14.3 Å². The molecule has 0 aliphatic rings. The Kier molecular flexibility index (Phi) is 6.29. The first-order chi connectivity index (χ1) is 9.86. The molecule has 1 rings (SSSR count). The van der Waals surface area contributed by atoms with Crippen LogP contribution >= 0.6 is 15.9 Å². The van der Waals surface area contributed by atoms with E-state index in [4.69, 9.17) is 5.11 Å². The Hall–Kier alpha value is -1.96. The van der Waals surface area contributed by atoms with Gasteiger partial charge in [0.25, 0.3) is 5.91 Å². The molecule has 8 heteroatoms. The number of methoxy groups -OCH3 is 1. The minimum Gasteiger partial charge on any atom is -0.480 e. The number of esters is 1. The molecule has 2 N–H and O–H groups in total. The molecule has 0 aromatic heterocycles. The number of rotatable bonds is 6. The standard InChI is InChI=1S/C13H13BrFNO5/c1-21-10(17)6-5-9(13(19)20)16-12(18)7-3-2-4-8(14)11(7)15/h2-4,9H,5-6H2,1H3,(H,16,18)(H,19,20)/t9-/m0/s1. The first kappa shape index (κ1) is 17.1. The molecule has 1 atom stereocenters. The van der Waals surface area contributed by atoms with Crippen LogP contribution in [0.5, 0.6) is 0 Å². The molecule has 0 aliphatic heterocycles. The highest BCUT2D eigenvalue weighted by atomic mass is 79.9. The van der Waals surface area contributed by atoms with Crippen molar-refractivity contribution in [3.8, 4) is 0 Å². The fraction of sp³-hybridized carbons (Fsp3) is 0.308. The van der Waals surface area contributed by atoms with Crippen molar-refractivity contribution in [2.45, 2.75) is 18.9 Å². The molecule has 0 heterocycles. The van der Waals surface area contributed by atoms with E-state index in [1.165, 1.54) is 25.3 Å². The Bertz CT molecular complexity index is 563. The summed E-state index contributed by atoms with van der Waals surface area (Å²) in [6, 6.07) is 2.79. The summed E-state index contributed by atoms with van der Waals surface area (Å²) < 4.78 is 18.2. The molecule has 0 unspecified atom stereocenters. The Balaban J connectivity index is 2.79. The Morgan fingerprint density at radius 1 is 1.43 bits per heavy atom. The summed E-state index contributed by atoms with van der Waals surface area (Å²) in [6.45, 7) is 0. The van der Waals surface area contributed by atoms with Gasteiger partial charge in [-0.2, -0.15) is 0 Å². The van der Waals surface area contributed by atoms with Gasteiger partial charge in [-0.1, -0.05) is 6.07 Å². The van der Waals surface area contributed by atoms with E-state index in [9.17, 15) is 18.8 Å². The lowest BCUT2D eigenvalue weighted by Gasteiger charge is -2.14. The maximum atomic E-state index is 13.7. The van der Waals surface area contributed by atoms with Gasteiger partial charge in [0.2, 0.25) is 0 Å². The van der Waals surface area contributed by atoms with Crippen LogP contribution in [0.25, 0.3) is 0 Å². The lowest BCUT2D eigenvalue weighted by molar-refractivity contribution is -0.142. The Labute approximate surface area is 128 Å². The Morgan fingerprint density at radius 2 is 2.10 bits per heavy atom. The SMILES string of the molecule is COC(=O)CC[C@H](NC(=O)c1cccc(Br)c1F)C(=O)O. The fourth-order valence-electron chi connectivity index (χ4n) is 1.54. The monoisotopic (exact) mass is 361 g/mol. The van der Waals surface area contributed by atoms with Crippen LogP contribution in [0.4, 0.5) is 4.39 Å². The summed E-state index contributed by atoms with van der Waals surface area (Å²) in [7, 11) is 1.17. The van der Waals surface area contributed by atoms with Gasteiger partial charge in [0.1, 0.15) is 11.9 Å². The number of ether oxygens (including phenoxy) is 1. The third-order valence-corrected chi connectivity index (χ3v) is 3.28. The molecule has 114 valence electrons. The molecule has 0 saturated heterocycles. The van der Waals surface area contributed by atoms with Gasteiger partial charge in [-0.15, -0.1) is 0 Å². The minimum absolute atomic E-state index is 0.0941. The number of carboxylic acids is 1. The third kappa shape index (κ3) is 4.82. The van der Waals surface area contributed by atoms with Crippen LogP contribution in [0.1, 0.15) is 23.2 Å². The van der Waals surface area contributed by atoms with E-state index in [0.29, 0.717) is 0 Å². The summed E-state index contributed by atoms with van der Waals surface area (Å²) in [4.78, 5) is 33.9. The van der Waals surface area contributed by atoms with Crippen molar-refractivity contribution in [1.82, 2.24) is 5.32 Å². The van der Waals surface area contributed by atoms with Gasteiger partial charge in [-0.05, 0) is 34.5 Å². The number of nitrogens with one attached hydrogen (secondary N) is 1. The van der Waals surface area contributed by atoms with Gasteiger partial charge in [-0.3, -0.25) is 9.59 Å². The number of amides is 1. The van der Waals surface area contributed by atoms with Crippen LogP contribution < -0.4 is 5.32 Å². The maximum absolute atomic E-state index is 13.7. The second-order valence-corrected chi connectivity index (χ2v) is 4.93. The van der Waals surface area contributed by atoms with E-state index in [-0.39, 0.29) is 22.9 Å². The van der Waals surface area contributed by atoms with Gasteiger partial charge < -0.3 is 15.2 Å². The number of carboxylic acid groups (broad SMARTS) is 1. The van der Waals surface area contributed by atoms with Crippen molar-refractivity contribution in [2.75, 3.05) is 7.11 Å². The first-order valence-corrected chi connectivity index (χ1v) is 6.70. The molecule has 1 aromatic rings. The zero-order valence-corrected chi connectivity index (χ0v) is 12.6. The fourth-order valence-corrected chi connectivity index (χ4v) is 1.90. The molecule has 1 aromatic carbocycles. The summed E-state index contributed by atoms with van der Waals surface area (Å²) in [5.41, 5.74) is -0.284. The highest BCUT2D eigenvalue weighted by Crippen LogP contribution is 2.18. The third-order valence-electron chi connectivity index (χ3n) is 2.66. The average molecular weight is 362 g/mol. The van der Waals surface area contributed by atoms with Crippen molar-refractivity contribution in [3.63, 3.8) is 0 Å². The second kappa shape index (κ2) is 7.72. The van der Waals surface area contributed by atoms with Gasteiger partial charge in [-0.25, -0.2) is 9.18 Å². The van der Waals surface area contributed by atoms with Crippen LogP contribution in [0.2, 0.25) is 0 Å². The smallest absolute Gasteiger partial charge is 0.326 e. The van der Waals surface area contributed by atoms with E-state index in [1.54, 1.807) is 0 Å². The van der Waals surface area contributed by atoms with Crippen LogP contribution in [0.15, 0.2) is 22.7 Å². The average Bonchev–Trinajstić information content (AvgIpc) is 2.45. The number of hydrogen-bond donors (Lipinski definition) is 2. The van der Waals surface area contributed by atoms with Crippen molar-refractivity contribution < 1.29 is 28.6 Å². The predicted molar refractivity (Wildman–Crippen MR) is 74.2 cm³/mol. The topological polar surface area (TPSA) is 92.7 Å². The molecule has 0 saturated carbocycles. The number of carbonyl (C=O) groups is 3. The summed E-state index contributed by atoms with van der Waals surface area (Å²) in [5.74, 6) is -3.56. The normalized spacial score (nSPS) is 11.6. The van der Waals surface area contributed by atoms with Gasteiger partial charge in [0, 0.05) is 6.42 Å². The summed E-state index contributed by atoms with van der Waals surface area (Å²) in [5, 5.41) is 11.2. The van der Waals surface area contributed by atoms with Crippen LogP contribution in [0, 0.1) is 5.82 Å². The van der Waals surface area contributed by atoms with Crippen molar-refractivity contribution in [2.24, 2.45) is 0 Å². The molecule has 21 heavy (non-hydrogen) atoms. The summed E-state index contributed by atoms with van der Waals surface area (Å²) >= 11 is 2.94. The highest BCUT2D eigenvalue weighted by Gasteiger charge is 2.23. The molecule has 1 amide bonds. The summed E-state index contributed by atoms with van der Waals surface area (Å²) in [6.07, 6.45) is -0.321. The van der Waals surface area contributed by atoms with E-state index >= 15 is 0 Å². The number of benzene rings is 1. The highest BCUT2D eigenvalue weighted by molar-refractivity contribution is 9.10. The van der Waals surface area contributed by atoms with Crippen LogP contribution in [0.3, 0.4) is 0 Å². The zero-order valence-electron chi connectivity index (χ0n) is 11.1. The molecule has 0 fully saturated rings. The van der Waals surface area contributed by atoms with Crippen LogP contribution in [-0.4, -0.2) is 36.1 Å². The lowest BCUT2D eigenvalue weighted by atomic mass is 10.1. The molecule has 0 bridgehead atoms. The molecule has 0 aliphatic carbocycles. The quantitative estimate of drug-likeness (QED) is 0.752. The van der Waals surface area contributed by atoms with E-state index in [0.717, 1.165) is 0 Å². The molecular formula is C13H13BrFNO5. The molecular weight excluding hydrogens is 349 g/mol. The Morgan fingerprint density at radius 3 is 2.67 bits per heavy atom. The number of carbonyl (C=O) groups excluding carboxylic acids is 2. The van der Waals surface area contributed by atoms with Gasteiger partial charge in [0.05, 0.1) is 17.1 Å². The maximum Gasteiger partial charge on any atom is 0.326 e. The first-order valence-electron chi connectivity index (χ1n) is 5.91. The molecule has 6 nitrogen and oxygen atoms in total. The molecule has 0 radical (unpaired) electrons. The zero-order chi connectivity index (χ0) is 16.0. The van der Waals surface area contributed by atoms with Crippen molar-refractivity contribution >= 4 is 33.8 Å². The lowest BCUT2D eigenvalue weighted by Crippen LogP contribution is -2.41. The number of halogens is 2. The van der Waals surface area contributed by atoms with E-state index in [2.05, 4.69) is 26.0 Å². The van der Waals surface area contributed by atoms with E-state index < -0.39 is 29.7 Å². The number of aliphatic carboxylic acids is 1. The van der Waals surface area contributed by atoms with Gasteiger partial charge in [0.15, 0.2) is 0 Å². The minimum atomic E-state index is -1.32. The van der Waals surface area contributed by atoms with E-state index in [1.807, 2.05) is 0 Å². The predicted octanol–water partition coefficient (Wildman–Crippen LogP) is 1.72. The van der Waals surface area contributed by atoms with Crippen molar-refractivity contribution in [1.29, 1.82) is 0 Å².